The minimum atomic E-state index is -0.143. The molecule has 0 saturated heterocycles. The van der Waals surface area contributed by atoms with Crippen molar-refractivity contribution in [1.29, 1.82) is 0 Å². The maximum atomic E-state index is 9.17. The van der Waals surface area contributed by atoms with Gasteiger partial charge in [0.15, 0.2) is 15.3 Å². The van der Waals surface area contributed by atoms with Crippen molar-refractivity contribution in [1.82, 2.24) is 29.4 Å². The molecule has 7 nitrogen and oxygen atoms in total. The molecule has 0 aliphatic rings. The monoisotopic (exact) mass is 378 g/mol. The van der Waals surface area contributed by atoms with Crippen LogP contribution in [0.15, 0.2) is 40.0 Å². The van der Waals surface area contributed by atoms with E-state index in [0.717, 1.165) is 20.6 Å². The van der Waals surface area contributed by atoms with Crippen LogP contribution in [0.25, 0.3) is 16.2 Å². The summed E-state index contributed by atoms with van der Waals surface area (Å²) in [7, 11) is 1.81. The van der Waals surface area contributed by atoms with Gasteiger partial charge in [0, 0.05) is 17.6 Å². The molecule has 3 aromatic heterocycles. The molecule has 10 heteroatoms. The summed E-state index contributed by atoms with van der Waals surface area (Å²) in [6, 6.07) is 7.54. The second-order valence-corrected chi connectivity index (χ2v) is 7.55. The number of imidazole rings is 1. The first-order valence-electron chi connectivity index (χ1n) is 6.93. The second-order valence-electron chi connectivity index (χ2n) is 4.95. The van der Waals surface area contributed by atoms with Gasteiger partial charge in [0.25, 0.3) is 0 Å². The van der Waals surface area contributed by atoms with Crippen LogP contribution < -0.4 is 0 Å². The van der Waals surface area contributed by atoms with Crippen LogP contribution in [0.4, 0.5) is 0 Å². The normalized spacial score (nSPS) is 11.5. The van der Waals surface area contributed by atoms with Crippen molar-refractivity contribution >= 4 is 39.7 Å². The van der Waals surface area contributed by atoms with Gasteiger partial charge in [-0.05, 0) is 23.9 Å². The van der Waals surface area contributed by atoms with Crippen molar-refractivity contribution in [3.05, 3.63) is 41.3 Å². The van der Waals surface area contributed by atoms with Crippen molar-refractivity contribution < 1.29 is 5.11 Å². The lowest BCUT2D eigenvalue weighted by Gasteiger charge is -1.98. The molecule has 0 unspecified atom stereocenters. The van der Waals surface area contributed by atoms with E-state index in [2.05, 4.69) is 20.3 Å². The molecular weight excluding hydrogens is 368 g/mol. The molecule has 4 aromatic rings. The highest BCUT2D eigenvalue weighted by Gasteiger charge is 2.14. The number of aromatic nitrogens is 6. The Bertz CT molecular complexity index is 975. The highest BCUT2D eigenvalue weighted by Crippen LogP contribution is 2.31. The smallest absolute Gasteiger partial charge is 0.213 e. The van der Waals surface area contributed by atoms with E-state index in [-0.39, 0.29) is 6.61 Å². The molecule has 0 atom stereocenters. The zero-order valence-corrected chi connectivity index (χ0v) is 14.8. The maximum Gasteiger partial charge on any atom is 0.213 e. The molecule has 0 spiro atoms. The van der Waals surface area contributed by atoms with E-state index < -0.39 is 0 Å². The van der Waals surface area contributed by atoms with E-state index in [9.17, 15) is 0 Å². The largest absolute Gasteiger partial charge is 0.388 e. The van der Waals surface area contributed by atoms with E-state index in [1.54, 1.807) is 9.08 Å². The highest BCUT2D eigenvalue weighted by molar-refractivity contribution is 8.01. The van der Waals surface area contributed by atoms with Crippen molar-refractivity contribution in [3.8, 4) is 11.3 Å². The minimum Gasteiger partial charge on any atom is -0.388 e. The SMILES string of the molecule is Cn1c(CO)nnc1Sc1nn2cc(-c3ccc(Cl)cc3)nc2s1. The van der Waals surface area contributed by atoms with Crippen molar-refractivity contribution in [3.63, 3.8) is 0 Å². The Kier molecular flexibility index (Phi) is 4.01. The number of benzene rings is 1. The second kappa shape index (κ2) is 6.17. The summed E-state index contributed by atoms with van der Waals surface area (Å²) >= 11 is 8.77. The predicted molar refractivity (Wildman–Crippen MR) is 92.4 cm³/mol. The molecule has 0 fully saturated rings. The van der Waals surface area contributed by atoms with E-state index in [0.29, 0.717) is 16.0 Å². The number of aliphatic hydroxyl groups is 1. The van der Waals surface area contributed by atoms with Crippen molar-refractivity contribution in [2.24, 2.45) is 7.05 Å². The Balaban J connectivity index is 1.61. The van der Waals surface area contributed by atoms with Crippen LogP contribution in [0, 0.1) is 0 Å². The van der Waals surface area contributed by atoms with Gasteiger partial charge in [0.1, 0.15) is 6.61 Å². The summed E-state index contributed by atoms with van der Waals surface area (Å²) < 4.78 is 4.30. The van der Waals surface area contributed by atoms with Gasteiger partial charge >= 0.3 is 0 Å². The van der Waals surface area contributed by atoms with Gasteiger partial charge in [-0.1, -0.05) is 35.1 Å². The number of fused-ring (bicyclic) bond motifs is 1. The number of rotatable bonds is 4. The first-order chi connectivity index (χ1) is 11.6. The number of hydrogen-bond donors (Lipinski definition) is 1. The van der Waals surface area contributed by atoms with Gasteiger partial charge in [0.2, 0.25) is 4.96 Å². The Morgan fingerprint density at radius 3 is 2.71 bits per heavy atom. The predicted octanol–water partition coefficient (Wildman–Crippen LogP) is 2.88. The number of halogens is 1. The van der Waals surface area contributed by atoms with Crippen molar-refractivity contribution in [2.75, 3.05) is 0 Å². The summed E-state index contributed by atoms with van der Waals surface area (Å²) in [6.07, 6.45) is 1.88. The van der Waals surface area contributed by atoms with Gasteiger partial charge in [-0.3, -0.25) is 0 Å². The van der Waals surface area contributed by atoms with E-state index in [1.807, 2.05) is 37.5 Å². The number of aliphatic hydroxyl groups excluding tert-OH is 1. The van der Waals surface area contributed by atoms with Gasteiger partial charge in [0.05, 0.1) is 11.9 Å². The quantitative estimate of drug-likeness (QED) is 0.588. The average Bonchev–Trinajstić information content (AvgIpc) is 3.22. The fourth-order valence-corrected chi connectivity index (χ4v) is 4.10. The van der Waals surface area contributed by atoms with Crippen LogP contribution in [-0.2, 0) is 13.7 Å². The molecule has 0 aliphatic heterocycles. The molecule has 3 heterocycles. The highest BCUT2D eigenvalue weighted by atomic mass is 35.5. The molecule has 1 aromatic carbocycles. The molecule has 0 bridgehead atoms. The lowest BCUT2D eigenvalue weighted by Crippen LogP contribution is -1.98. The van der Waals surface area contributed by atoms with Crippen molar-refractivity contribution in [2.45, 2.75) is 16.1 Å². The Labute approximate surface area is 149 Å². The standard InChI is InChI=1S/C14H11ClN6OS2/c1-20-11(7-22)17-18-13(20)24-14-19-21-6-10(16-12(21)23-14)8-2-4-9(15)5-3-8/h2-6,22H,7H2,1H3. The topological polar surface area (TPSA) is 81.1 Å². The van der Waals surface area contributed by atoms with Crippen LogP contribution in [0.5, 0.6) is 0 Å². The van der Waals surface area contributed by atoms with Gasteiger partial charge in [-0.25, -0.2) is 9.50 Å². The Morgan fingerprint density at radius 2 is 2.04 bits per heavy atom. The first kappa shape index (κ1) is 15.6. The summed E-state index contributed by atoms with van der Waals surface area (Å²) in [5, 5.41) is 23.0. The van der Waals surface area contributed by atoms with Crippen LogP contribution in [0.3, 0.4) is 0 Å². The molecule has 0 aliphatic carbocycles. The molecule has 1 N–H and O–H groups in total. The third kappa shape index (κ3) is 2.80. The zero-order chi connectivity index (χ0) is 16.7. The summed E-state index contributed by atoms with van der Waals surface area (Å²) in [5.41, 5.74) is 1.84. The average molecular weight is 379 g/mol. The van der Waals surface area contributed by atoms with Crippen LogP contribution in [0.2, 0.25) is 5.02 Å². The third-order valence-corrected chi connectivity index (χ3v) is 5.67. The molecular formula is C14H11ClN6OS2. The van der Waals surface area contributed by atoms with E-state index in [1.165, 1.54) is 23.1 Å². The molecule has 122 valence electrons. The zero-order valence-electron chi connectivity index (χ0n) is 12.4. The number of hydrogen-bond acceptors (Lipinski definition) is 7. The third-order valence-electron chi connectivity index (χ3n) is 3.41. The lowest BCUT2D eigenvalue weighted by atomic mass is 10.2. The van der Waals surface area contributed by atoms with Crippen LogP contribution in [-0.4, -0.2) is 34.5 Å². The van der Waals surface area contributed by atoms with Gasteiger partial charge < -0.3 is 9.67 Å². The first-order valence-corrected chi connectivity index (χ1v) is 8.94. The fraction of sp³-hybridized carbons (Fsp3) is 0.143. The Hall–Kier alpha value is -1.94. The molecule has 24 heavy (non-hydrogen) atoms. The van der Waals surface area contributed by atoms with Gasteiger partial charge in [-0.15, -0.1) is 15.3 Å². The molecule has 0 radical (unpaired) electrons. The summed E-state index contributed by atoms with van der Waals surface area (Å²) in [5.74, 6) is 0.517. The molecule has 4 rings (SSSR count). The van der Waals surface area contributed by atoms with E-state index in [4.69, 9.17) is 16.7 Å². The molecule has 0 amide bonds. The van der Waals surface area contributed by atoms with E-state index >= 15 is 0 Å². The number of nitrogens with zero attached hydrogens (tertiary/aromatic N) is 6. The molecule has 0 saturated carbocycles. The Morgan fingerprint density at radius 1 is 1.25 bits per heavy atom. The van der Waals surface area contributed by atoms with Gasteiger partial charge in [-0.2, -0.15) is 0 Å². The van der Waals surface area contributed by atoms with Crippen LogP contribution in [0.1, 0.15) is 5.82 Å². The summed E-state index contributed by atoms with van der Waals surface area (Å²) in [6.45, 7) is -0.143. The minimum absolute atomic E-state index is 0.143. The maximum absolute atomic E-state index is 9.17. The lowest BCUT2D eigenvalue weighted by molar-refractivity contribution is 0.266. The summed E-state index contributed by atoms with van der Waals surface area (Å²) in [4.78, 5) is 5.40. The fourth-order valence-electron chi connectivity index (χ4n) is 2.13. The van der Waals surface area contributed by atoms with Crippen LogP contribution >= 0.6 is 34.7 Å².